The van der Waals surface area contributed by atoms with Crippen LogP contribution in [0.25, 0.3) is 41.7 Å². The summed E-state index contributed by atoms with van der Waals surface area (Å²) in [5.41, 5.74) is 7.61. The maximum absolute atomic E-state index is 4.90. The van der Waals surface area contributed by atoms with Gasteiger partial charge in [-0.05, 0) is 79.3 Å². The Hall–Kier alpha value is -1.86. The number of benzene rings is 1. The molecule has 5 rings (SSSR count). The van der Waals surface area contributed by atoms with Crippen LogP contribution in [0.15, 0.2) is 41.8 Å². The van der Waals surface area contributed by atoms with E-state index >= 15 is 0 Å². The molecule has 48 heavy (non-hydrogen) atoms. The Kier molecular flexibility index (Phi) is 16.1. The molecule has 0 saturated heterocycles. The fraction of sp³-hybridized carbons (Fsp3) is 0.571. The van der Waals surface area contributed by atoms with Crippen molar-refractivity contribution in [2.24, 2.45) is 0 Å². The molecule has 0 N–H and O–H groups in total. The van der Waals surface area contributed by atoms with Gasteiger partial charge in [-0.1, -0.05) is 129 Å². The smallest absolute Gasteiger partial charge is 0.114 e. The summed E-state index contributed by atoms with van der Waals surface area (Å²) >= 11 is 7.24. The molecule has 0 atom stereocenters. The molecular formula is C42H58N2S4. The average molecular weight is 719 g/mol. The highest BCUT2D eigenvalue weighted by molar-refractivity contribution is 7.24. The maximum Gasteiger partial charge on any atom is 0.114 e. The Morgan fingerprint density at radius 1 is 0.500 bits per heavy atom. The van der Waals surface area contributed by atoms with Crippen LogP contribution < -0.4 is 0 Å². The summed E-state index contributed by atoms with van der Waals surface area (Å²) in [4.78, 5) is 7.15. The van der Waals surface area contributed by atoms with E-state index in [2.05, 4.69) is 62.5 Å². The van der Waals surface area contributed by atoms with Crippen LogP contribution in [0.5, 0.6) is 0 Å². The number of aromatic nitrogens is 2. The molecule has 0 radical (unpaired) electrons. The summed E-state index contributed by atoms with van der Waals surface area (Å²) in [5, 5.41) is 2.36. The van der Waals surface area contributed by atoms with E-state index in [1.807, 2.05) is 34.0 Å². The first kappa shape index (κ1) is 37.4. The Bertz CT molecular complexity index is 1620. The van der Waals surface area contributed by atoms with E-state index < -0.39 is 0 Å². The highest BCUT2D eigenvalue weighted by Gasteiger charge is 2.19. The lowest BCUT2D eigenvalue weighted by Crippen LogP contribution is -1.86. The van der Waals surface area contributed by atoms with Gasteiger partial charge in [-0.15, -0.1) is 34.0 Å². The summed E-state index contributed by atoms with van der Waals surface area (Å²) in [6.45, 7) is 6.89. The first-order chi connectivity index (χ1) is 23.7. The van der Waals surface area contributed by atoms with Gasteiger partial charge in [-0.2, -0.15) is 8.75 Å². The fourth-order valence-corrected chi connectivity index (χ4v) is 10.8. The minimum absolute atomic E-state index is 1.07. The van der Waals surface area contributed by atoms with Crippen molar-refractivity contribution in [3.63, 3.8) is 0 Å². The number of unbranched alkanes of at least 4 members (excludes halogenated alkanes) is 15. The van der Waals surface area contributed by atoms with Gasteiger partial charge in [-0.3, -0.25) is 0 Å². The lowest BCUT2D eigenvalue weighted by Gasteiger charge is -2.04. The second-order valence-electron chi connectivity index (χ2n) is 13.7. The molecule has 4 aromatic heterocycles. The Labute approximate surface area is 307 Å². The van der Waals surface area contributed by atoms with Gasteiger partial charge in [0.15, 0.2) is 0 Å². The predicted octanol–water partition coefficient (Wildman–Crippen LogP) is 15.6. The standard InChI is InChI=1S/C42H58N2S4/c1-4-7-10-13-16-19-22-32-29-38(45-31-32)35-26-27-36(41-40(35)43-48-44-41)39-30-33(23-20-17-14-11-8-5-2)42(47-39)37-28-25-34(46-37)24-21-18-15-12-9-6-3/h25-31H,4-24H2,1-3H3. The Morgan fingerprint density at radius 2 is 1.06 bits per heavy atom. The summed E-state index contributed by atoms with van der Waals surface area (Å²) in [6.07, 6.45) is 27.8. The summed E-state index contributed by atoms with van der Waals surface area (Å²) in [7, 11) is 0. The van der Waals surface area contributed by atoms with Gasteiger partial charge in [0.2, 0.25) is 0 Å². The molecule has 2 nitrogen and oxygen atoms in total. The monoisotopic (exact) mass is 718 g/mol. The number of fused-ring (bicyclic) bond motifs is 1. The lowest BCUT2D eigenvalue weighted by atomic mass is 10.0. The van der Waals surface area contributed by atoms with Crippen LogP contribution in [0.2, 0.25) is 0 Å². The van der Waals surface area contributed by atoms with Crippen LogP contribution in [-0.4, -0.2) is 8.75 Å². The molecule has 0 aliphatic heterocycles. The van der Waals surface area contributed by atoms with Crippen LogP contribution in [-0.2, 0) is 19.3 Å². The van der Waals surface area contributed by atoms with Crippen LogP contribution in [0.4, 0.5) is 0 Å². The number of aryl methyl sites for hydroxylation is 3. The van der Waals surface area contributed by atoms with Gasteiger partial charge in [0.05, 0.1) is 11.7 Å². The zero-order valence-electron chi connectivity index (χ0n) is 29.9. The zero-order chi connectivity index (χ0) is 33.4. The van der Waals surface area contributed by atoms with Crippen molar-refractivity contribution in [3.8, 4) is 30.6 Å². The van der Waals surface area contributed by atoms with E-state index in [4.69, 9.17) is 8.75 Å². The number of nitrogens with zero attached hydrogens (tertiary/aromatic N) is 2. The van der Waals surface area contributed by atoms with E-state index in [-0.39, 0.29) is 0 Å². The lowest BCUT2D eigenvalue weighted by molar-refractivity contribution is 0.608. The second kappa shape index (κ2) is 20.7. The normalized spacial score (nSPS) is 11.7. The van der Waals surface area contributed by atoms with Crippen molar-refractivity contribution in [1.82, 2.24) is 8.75 Å². The molecule has 0 spiro atoms. The zero-order valence-corrected chi connectivity index (χ0v) is 33.2. The van der Waals surface area contributed by atoms with Gasteiger partial charge in [-0.25, -0.2) is 0 Å². The number of thiophene rings is 3. The molecule has 0 amide bonds. The minimum Gasteiger partial charge on any atom is -0.172 e. The molecule has 0 saturated carbocycles. The largest absolute Gasteiger partial charge is 0.172 e. The minimum atomic E-state index is 1.07. The summed E-state index contributed by atoms with van der Waals surface area (Å²) in [5.74, 6) is 0. The average Bonchev–Trinajstić information content (AvgIpc) is 3.93. The van der Waals surface area contributed by atoms with Crippen molar-refractivity contribution >= 4 is 56.8 Å². The highest BCUT2D eigenvalue weighted by atomic mass is 32.1. The molecule has 0 fully saturated rings. The summed E-state index contributed by atoms with van der Waals surface area (Å²) in [6, 6.07) is 14.4. The molecule has 0 aliphatic carbocycles. The molecule has 5 aromatic rings. The van der Waals surface area contributed by atoms with Crippen molar-refractivity contribution < 1.29 is 0 Å². The molecule has 0 bridgehead atoms. The topological polar surface area (TPSA) is 25.8 Å². The molecule has 1 aromatic carbocycles. The van der Waals surface area contributed by atoms with Crippen molar-refractivity contribution in [2.45, 2.75) is 156 Å². The third-order valence-electron chi connectivity index (χ3n) is 9.69. The van der Waals surface area contributed by atoms with Gasteiger partial charge < -0.3 is 0 Å². The predicted molar refractivity (Wildman–Crippen MR) is 219 cm³/mol. The molecular weight excluding hydrogens is 661 g/mol. The number of hydrogen-bond donors (Lipinski definition) is 0. The fourth-order valence-electron chi connectivity index (χ4n) is 6.79. The SMILES string of the molecule is CCCCCCCCc1csc(-c2ccc(-c3cc(CCCCCCCC)c(-c4ccc(CCCCCCCC)s4)s3)c3nsnc23)c1. The van der Waals surface area contributed by atoms with Crippen molar-refractivity contribution in [3.05, 3.63) is 57.8 Å². The van der Waals surface area contributed by atoms with Gasteiger partial charge >= 0.3 is 0 Å². The highest BCUT2D eigenvalue weighted by Crippen LogP contribution is 2.45. The maximum atomic E-state index is 4.90. The van der Waals surface area contributed by atoms with Crippen LogP contribution >= 0.6 is 45.7 Å². The Morgan fingerprint density at radius 3 is 1.71 bits per heavy atom. The second-order valence-corrected chi connectivity index (χ2v) is 17.4. The van der Waals surface area contributed by atoms with E-state index in [1.165, 1.54) is 182 Å². The molecule has 260 valence electrons. The molecule has 0 unspecified atom stereocenters. The van der Waals surface area contributed by atoms with Gasteiger partial charge in [0.1, 0.15) is 11.0 Å². The van der Waals surface area contributed by atoms with Crippen LogP contribution in [0.1, 0.15) is 152 Å². The number of hydrogen-bond acceptors (Lipinski definition) is 6. The van der Waals surface area contributed by atoms with Crippen molar-refractivity contribution in [2.75, 3.05) is 0 Å². The van der Waals surface area contributed by atoms with E-state index in [9.17, 15) is 0 Å². The Balaban J connectivity index is 1.32. The molecule has 6 heteroatoms. The third kappa shape index (κ3) is 10.8. The first-order valence-electron chi connectivity index (χ1n) is 19.3. The van der Waals surface area contributed by atoms with Crippen LogP contribution in [0, 0.1) is 0 Å². The van der Waals surface area contributed by atoms with E-state index in [0.29, 0.717) is 0 Å². The quantitative estimate of drug-likeness (QED) is 0.0594. The van der Waals surface area contributed by atoms with Gasteiger partial charge in [0.25, 0.3) is 0 Å². The first-order valence-corrected chi connectivity index (χ1v) is 22.5. The van der Waals surface area contributed by atoms with Crippen molar-refractivity contribution in [1.29, 1.82) is 0 Å². The van der Waals surface area contributed by atoms with E-state index in [0.717, 1.165) is 17.5 Å². The van der Waals surface area contributed by atoms with Gasteiger partial charge in [0, 0.05) is 35.5 Å². The molecule has 0 aliphatic rings. The van der Waals surface area contributed by atoms with Crippen LogP contribution in [0.3, 0.4) is 0 Å². The number of rotatable bonds is 24. The van der Waals surface area contributed by atoms with E-state index in [1.54, 1.807) is 4.88 Å². The molecule has 4 heterocycles. The third-order valence-corrected chi connectivity index (χ3v) is 13.8. The summed E-state index contributed by atoms with van der Waals surface area (Å²) < 4.78 is 9.76.